The van der Waals surface area contributed by atoms with Crippen molar-refractivity contribution in [3.8, 4) is 0 Å². The van der Waals surface area contributed by atoms with Crippen LogP contribution in [-0.2, 0) is 19.6 Å². The maximum atomic E-state index is 12.8. The zero-order chi connectivity index (χ0) is 20.9. The van der Waals surface area contributed by atoms with Gasteiger partial charge in [0.25, 0.3) is 11.8 Å². The van der Waals surface area contributed by atoms with Gasteiger partial charge in [0.05, 0.1) is 11.9 Å². The van der Waals surface area contributed by atoms with Gasteiger partial charge >= 0.3 is 0 Å². The molecule has 0 spiro atoms. The van der Waals surface area contributed by atoms with E-state index in [2.05, 4.69) is 10.6 Å². The lowest BCUT2D eigenvalue weighted by atomic mass is 10.2. The van der Waals surface area contributed by atoms with Gasteiger partial charge in [-0.25, -0.2) is 8.42 Å². The molecule has 3 rings (SSSR count). The first kappa shape index (κ1) is 21.7. The van der Waals surface area contributed by atoms with E-state index in [-0.39, 0.29) is 29.8 Å². The fourth-order valence-corrected chi connectivity index (χ4v) is 4.98. The monoisotopic (exact) mass is 423 g/mol. The second-order valence-electron chi connectivity index (χ2n) is 8.04. The average Bonchev–Trinajstić information content (AvgIpc) is 3.48. The fourth-order valence-electron chi connectivity index (χ4n) is 3.46. The summed E-state index contributed by atoms with van der Waals surface area (Å²) in [5.74, 6) is -0.259. The van der Waals surface area contributed by atoms with E-state index in [4.69, 9.17) is 0 Å². The van der Waals surface area contributed by atoms with Crippen molar-refractivity contribution in [1.82, 2.24) is 9.62 Å². The Hall–Kier alpha value is -1.97. The summed E-state index contributed by atoms with van der Waals surface area (Å²) < 4.78 is 27.2. The molecule has 1 aliphatic carbocycles. The summed E-state index contributed by atoms with van der Waals surface area (Å²) in [6.07, 6.45) is 5.98. The Kier molecular flexibility index (Phi) is 7.26. The van der Waals surface area contributed by atoms with E-state index in [0.29, 0.717) is 24.8 Å². The Labute approximate surface area is 172 Å². The molecule has 1 aromatic carbocycles. The molecule has 1 aliphatic heterocycles. The van der Waals surface area contributed by atoms with Gasteiger partial charge in [0.15, 0.2) is 13.1 Å². The highest BCUT2D eigenvalue weighted by Gasteiger charge is 2.26. The van der Waals surface area contributed by atoms with E-state index in [9.17, 15) is 18.0 Å². The standard InChI is InChI=1S/C20H30N4O4S/c1-23(14-19(25)21-16-6-7-16)15-20(26)22-17-8-10-18(11-9-17)29(27,28)24-12-4-2-3-5-13-24/h8-11,16H,2-7,12-15H2,1H3,(H,21,25)(H,22,26)/p+1. The zero-order valence-corrected chi connectivity index (χ0v) is 17.8. The van der Waals surface area contributed by atoms with Gasteiger partial charge < -0.3 is 15.5 Å². The van der Waals surface area contributed by atoms with E-state index < -0.39 is 10.0 Å². The SMILES string of the molecule is C[NH+](CC(=O)Nc1ccc(S(=O)(=O)N2CCCCCC2)cc1)CC(=O)NC1CC1. The number of benzene rings is 1. The summed E-state index contributed by atoms with van der Waals surface area (Å²) in [4.78, 5) is 25.1. The predicted molar refractivity (Wildman–Crippen MR) is 110 cm³/mol. The maximum Gasteiger partial charge on any atom is 0.279 e. The van der Waals surface area contributed by atoms with Crippen LogP contribution in [0.4, 0.5) is 5.69 Å². The molecule has 2 fully saturated rings. The van der Waals surface area contributed by atoms with Crippen LogP contribution < -0.4 is 15.5 Å². The van der Waals surface area contributed by atoms with Crippen LogP contribution in [0.15, 0.2) is 29.2 Å². The van der Waals surface area contributed by atoms with Gasteiger partial charge in [0.1, 0.15) is 0 Å². The van der Waals surface area contributed by atoms with Crippen molar-refractivity contribution in [2.75, 3.05) is 38.5 Å². The van der Waals surface area contributed by atoms with Crippen molar-refractivity contribution in [3.63, 3.8) is 0 Å². The van der Waals surface area contributed by atoms with E-state index >= 15 is 0 Å². The number of nitrogens with one attached hydrogen (secondary N) is 3. The minimum atomic E-state index is -3.50. The quantitative estimate of drug-likeness (QED) is 0.547. The lowest BCUT2D eigenvalue weighted by Gasteiger charge is -2.20. The molecule has 160 valence electrons. The number of rotatable bonds is 8. The topological polar surface area (TPSA) is 100 Å². The molecule has 0 radical (unpaired) electrons. The number of carbonyl (C=O) groups excluding carboxylic acids is 2. The Morgan fingerprint density at radius 1 is 1.00 bits per heavy atom. The van der Waals surface area contributed by atoms with Gasteiger partial charge in [0, 0.05) is 24.8 Å². The third-order valence-electron chi connectivity index (χ3n) is 5.21. The summed E-state index contributed by atoms with van der Waals surface area (Å²) in [6.45, 7) is 1.53. The molecule has 2 aliphatic rings. The molecular formula is C20H31N4O4S+. The molecular weight excluding hydrogens is 392 g/mol. The third-order valence-corrected chi connectivity index (χ3v) is 7.12. The summed E-state index contributed by atoms with van der Waals surface area (Å²) in [5.41, 5.74) is 0.542. The summed E-state index contributed by atoms with van der Waals surface area (Å²) >= 11 is 0. The molecule has 8 nitrogen and oxygen atoms in total. The number of quaternary nitrogens is 1. The fraction of sp³-hybridized carbons (Fsp3) is 0.600. The minimum Gasteiger partial charge on any atom is -0.348 e. The molecule has 1 unspecified atom stereocenters. The number of hydrogen-bond donors (Lipinski definition) is 3. The lowest BCUT2D eigenvalue weighted by Crippen LogP contribution is -3.11. The number of carbonyl (C=O) groups is 2. The van der Waals surface area contributed by atoms with E-state index in [1.54, 1.807) is 23.5 Å². The molecule has 1 heterocycles. The number of sulfonamides is 1. The largest absolute Gasteiger partial charge is 0.348 e. The van der Waals surface area contributed by atoms with Crippen LogP contribution in [0.2, 0.25) is 0 Å². The molecule has 9 heteroatoms. The van der Waals surface area contributed by atoms with Crippen molar-refractivity contribution < 1.29 is 22.9 Å². The Morgan fingerprint density at radius 2 is 1.59 bits per heavy atom. The highest BCUT2D eigenvalue weighted by atomic mass is 32.2. The molecule has 29 heavy (non-hydrogen) atoms. The molecule has 1 saturated heterocycles. The number of likely N-dealkylation sites (N-methyl/N-ethyl adjacent to an activating group) is 1. The van der Waals surface area contributed by atoms with Gasteiger partial charge in [-0.3, -0.25) is 9.59 Å². The van der Waals surface area contributed by atoms with Crippen LogP contribution in [0, 0.1) is 0 Å². The molecule has 2 amide bonds. The van der Waals surface area contributed by atoms with Crippen LogP contribution >= 0.6 is 0 Å². The first-order chi connectivity index (χ1) is 13.8. The van der Waals surface area contributed by atoms with Gasteiger partial charge in [0.2, 0.25) is 10.0 Å². The van der Waals surface area contributed by atoms with Crippen LogP contribution in [0.25, 0.3) is 0 Å². The van der Waals surface area contributed by atoms with E-state index in [0.717, 1.165) is 43.4 Å². The second kappa shape index (κ2) is 9.69. The van der Waals surface area contributed by atoms with Gasteiger partial charge in [-0.2, -0.15) is 4.31 Å². The van der Waals surface area contributed by atoms with Crippen molar-refractivity contribution in [3.05, 3.63) is 24.3 Å². The normalized spacial score (nSPS) is 19.2. The summed E-state index contributed by atoms with van der Waals surface area (Å²) in [5, 5.41) is 5.67. The van der Waals surface area contributed by atoms with Crippen LogP contribution in [-0.4, -0.2) is 63.8 Å². The number of amides is 2. The maximum absolute atomic E-state index is 12.8. The summed E-state index contributed by atoms with van der Waals surface area (Å²) in [7, 11) is -1.70. The van der Waals surface area contributed by atoms with Crippen molar-refractivity contribution in [1.29, 1.82) is 0 Å². The average molecular weight is 424 g/mol. The van der Waals surface area contributed by atoms with Crippen LogP contribution in [0.5, 0.6) is 0 Å². The molecule has 1 saturated carbocycles. The Balaban J connectivity index is 1.51. The Bertz CT molecular complexity index is 813. The molecule has 1 atom stereocenters. The number of anilines is 1. The molecule has 0 aromatic heterocycles. The van der Waals surface area contributed by atoms with Crippen molar-refractivity contribution >= 4 is 27.5 Å². The van der Waals surface area contributed by atoms with Gasteiger partial charge in [-0.05, 0) is 49.9 Å². The second-order valence-corrected chi connectivity index (χ2v) is 9.98. The predicted octanol–water partition coefficient (Wildman–Crippen LogP) is -0.0169. The summed E-state index contributed by atoms with van der Waals surface area (Å²) in [6, 6.07) is 6.61. The zero-order valence-electron chi connectivity index (χ0n) is 16.9. The van der Waals surface area contributed by atoms with E-state index in [1.165, 1.54) is 12.1 Å². The van der Waals surface area contributed by atoms with Gasteiger partial charge in [-0.15, -0.1) is 0 Å². The van der Waals surface area contributed by atoms with Crippen LogP contribution in [0.1, 0.15) is 38.5 Å². The highest BCUT2D eigenvalue weighted by Crippen LogP contribution is 2.21. The van der Waals surface area contributed by atoms with Crippen LogP contribution in [0.3, 0.4) is 0 Å². The smallest absolute Gasteiger partial charge is 0.279 e. The Morgan fingerprint density at radius 3 is 2.17 bits per heavy atom. The first-order valence-corrected chi connectivity index (χ1v) is 11.8. The number of hydrogen-bond acceptors (Lipinski definition) is 4. The molecule has 1 aromatic rings. The first-order valence-electron chi connectivity index (χ1n) is 10.4. The van der Waals surface area contributed by atoms with Crippen molar-refractivity contribution in [2.24, 2.45) is 0 Å². The van der Waals surface area contributed by atoms with Crippen molar-refractivity contribution in [2.45, 2.75) is 49.5 Å². The van der Waals surface area contributed by atoms with E-state index in [1.807, 2.05) is 0 Å². The third kappa shape index (κ3) is 6.52. The molecule has 0 bridgehead atoms. The minimum absolute atomic E-state index is 0.0409. The lowest BCUT2D eigenvalue weighted by molar-refractivity contribution is -0.862. The number of nitrogens with zero attached hydrogens (tertiary/aromatic N) is 1. The highest BCUT2D eigenvalue weighted by molar-refractivity contribution is 7.89. The molecule has 3 N–H and O–H groups in total. The van der Waals surface area contributed by atoms with Gasteiger partial charge in [-0.1, -0.05) is 12.8 Å².